The van der Waals surface area contributed by atoms with Crippen molar-refractivity contribution in [3.8, 4) is 0 Å². The number of benzene rings is 3. The number of hydrogen-bond acceptors (Lipinski definition) is 4. The van der Waals surface area contributed by atoms with Crippen LogP contribution in [0.2, 0.25) is 0 Å². The van der Waals surface area contributed by atoms with Gasteiger partial charge in [0.1, 0.15) is 12.1 Å². The third-order valence-corrected chi connectivity index (χ3v) is 8.14. The lowest BCUT2D eigenvalue weighted by atomic mass is 9.92. The second kappa shape index (κ2) is 8.02. The first-order valence-electron chi connectivity index (χ1n) is 11.4. The van der Waals surface area contributed by atoms with Crippen LogP contribution in [0.25, 0.3) is 0 Å². The van der Waals surface area contributed by atoms with Crippen LogP contribution < -0.4 is 10.2 Å². The van der Waals surface area contributed by atoms with Crippen LogP contribution in [-0.4, -0.2) is 35.0 Å². The van der Waals surface area contributed by atoms with E-state index in [-0.39, 0.29) is 24.4 Å². The van der Waals surface area contributed by atoms with Crippen molar-refractivity contribution < 1.29 is 14.4 Å². The van der Waals surface area contributed by atoms with E-state index in [0.717, 1.165) is 38.6 Å². The molecule has 3 aliphatic rings. The quantitative estimate of drug-likeness (QED) is 0.582. The molecule has 3 aromatic rings. The second-order valence-electron chi connectivity index (χ2n) is 8.85. The predicted molar refractivity (Wildman–Crippen MR) is 131 cm³/mol. The molecule has 6 nitrogen and oxygen atoms in total. The number of carbonyl (C=O) groups excluding carboxylic acids is 3. The van der Waals surface area contributed by atoms with Crippen LogP contribution in [0.3, 0.4) is 0 Å². The van der Waals surface area contributed by atoms with Gasteiger partial charge < -0.3 is 10.2 Å². The summed E-state index contributed by atoms with van der Waals surface area (Å²) in [5.41, 5.74) is 2.67. The van der Waals surface area contributed by atoms with E-state index >= 15 is 0 Å². The van der Waals surface area contributed by atoms with Crippen molar-refractivity contribution in [1.29, 1.82) is 0 Å². The van der Waals surface area contributed by atoms with Crippen molar-refractivity contribution >= 4 is 35.3 Å². The minimum absolute atomic E-state index is 0.185. The molecule has 0 unspecified atom stereocenters. The first-order chi connectivity index (χ1) is 16.6. The van der Waals surface area contributed by atoms with Gasteiger partial charge in [-0.2, -0.15) is 0 Å². The van der Waals surface area contributed by atoms with E-state index in [9.17, 15) is 14.4 Å². The highest BCUT2D eigenvalue weighted by atomic mass is 32.2. The predicted octanol–water partition coefficient (Wildman–Crippen LogP) is 4.26. The van der Waals surface area contributed by atoms with Gasteiger partial charge in [-0.25, -0.2) is 4.79 Å². The molecule has 2 atom stereocenters. The highest BCUT2D eigenvalue weighted by Gasteiger charge is 2.55. The SMILES string of the molecule is O=C1N[C@@]2(CCc3ccccc32)C(=O)N1CC(=O)N1c2ccccc2SC[C@@H]1c1ccccc1. The van der Waals surface area contributed by atoms with Gasteiger partial charge in [-0.15, -0.1) is 11.8 Å². The molecule has 0 radical (unpaired) electrons. The highest BCUT2D eigenvalue weighted by molar-refractivity contribution is 7.99. The highest BCUT2D eigenvalue weighted by Crippen LogP contribution is 2.44. The van der Waals surface area contributed by atoms with Gasteiger partial charge >= 0.3 is 6.03 Å². The number of carbonyl (C=O) groups is 3. The number of hydrogen-bond donors (Lipinski definition) is 1. The standard InChI is InChI=1S/C27H23N3O3S/c31-24(16-29-25(32)27(28-26(29)33)15-14-18-8-4-5-11-20(18)27)30-21-12-6-7-13-23(21)34-17-22(30)19-9-2-1-3-10-19/h1-13,22H,14-17H2,(H,28,33)/t22-,27-/m1/s1. The Hall–Kier alpha value is -3.58. The van der Waals surface area contributed by atoms with Crippen LogP contribution in [0.15, 0.2) is 83.8 Å². The average molecular weight is 470 g/mol. The van der Waals surface area contributed by atoms with Gasteiger partial charge in [0.15, 0.2) is 0 Å². The number of rotatable bonds is 3. The molecule has 1 aliphatic carbocycles. The molecule has 2 heterocycles. The Morgan fingerprint density at radius 1 is 0.971 bits per heavy atom. The molecule has 0 saturated carbocycles. The Balaban J connectivity index is 1.33. The zero-order chi connectivity index (χ0) is 23.3. The Bertz CT molecular complexity index is 1310. The minimum Gasteiger partial charge on any atom is -0.319 e. The van der Waals surface area contributed by atoms with Crippen molar-refractivity contribution in [2.45, 2.75) is 29.3 Å². The number of imide groups is 1. The number of nitrogens with one attached hydrogen (secondary N) is 1. The second-order valence-corrected chi connectivity index (χ2v) is 9.91. The Kier molecular flexibility index (Phi) is 4.95. The number of anilines is 1. The maximum Gasteiger partial charge on any atom is 0.325 e. The molecule has 4 amide bonds. The van der Waals surface area contributed by atoms with E-state index < -0.39 is 11.6 Å². The molecule has 1 fully saturated rings. The van der Waals surface area contributed by atoms with Crippen molar-refractivity contribution in [2.75, 3.05) is 17.2 Å². The van der Waals surface area contributed by atoms with E-state index in [4.69, 9.17) is 0 Å². The molecule has 34 heavy (non-hydrogen) atoms. The zero-order valence-corrected chi connectivity index (χ0v) is 19.3. The van der Waals surface area contributed by atoms with Crippen molar-refractivity contribution in [1.82, 2.24) is 10.2 Å². The molecule has 0 bridgehead atoms. The number of aryl methyl sites for hydroxylation is 1. The van der Waals surface area contributed by atoms with Gasteiger partial charge in [-0.05, 0) is 41.7 Å². The Morgan fingerprint density at radius 3 is 2.56 bits per heavy atom. The van der Waals surface area contributed by atoms with Gasteiger partial charge in [-0.3, -0.25) is 14.5 Å². The van der Waals surface area contributed by atoms with Crippen LogP contribution in [0.5, 0.6) is 0 Å². The van der Waals surface area contributed by atoms with Crippen molar-refractivity contribution in [3.63, 3.8) is 0 Å². The molecular weight excluding hydrogens is 446 g/mol. The zero-order valence-electron chi connectivity index (χ0n) is 18.4. The van der Waals surface area contributed by atoms with Crippen LogP contribution in [0.1, 0.15) is 29.2 Å². The summed E-state index contributed by atoms with van der Waals surface area (Å²) < 4.78 is 0. The number of amides is 4. The van der Waals surface area contributed by atoms with Crippen LogP contribution in [-0.2, 0) is 21.5 Å². The molecule has 2 aliphatic heterocycles. The number of fused-ring (bicyclic) bond motifs is 3. The monoisotopic (exact) mass is 469 g/mol. The van der Waals surface area contributed by atoms with E-state index in [2.05, 4.69) is 5.32 Å². The molecule has 0 aromatic heterocycles. The summed E-state index contributed by atoms with van der Waals surface area (Å²) in [4.78, 5) is 44.2. The fourth-order valence-corrected chi connectivity index (χ4v) is 6.53. The van der Waals surface area contributed by atoms with Crippen molar-refractivity contribution in [3.05, 3.63) is 95.6 Å². The lowest BCUT2D eigenvalue weighted by Crippen LogP contribution is -2.47. The molecular formula is C27H23N3O3S. The van der Waals surface area contributed by atoms with E-state index in [1.807, 2.05) is 78.9 Å². The third-order valence-electron chi connectivity index (χ3n) is 7.00. The number of urea groups is 1. The van der Waals surface area contributed by atoms with Crippen LogP contribution in [0.4, 0.5) is 10.5 Å². The summed E-state index contributed by atoms with van der Waals surface area (Å²) in [5, 5.41) is 2.92. The average Bonchev–Trinajstić information content (AvgIpc) is 3.36. The van der Waals surface area contributed by atoms with Crippen molar-refractivity contribution in [2.24, 2.45) is 0 Å². The van der Waals surface area contributed by atoms with E-state index in [1.54, 1.807) is 16.7 Å². The van der Waals surface area contributed by atoms with E-state index in [0.29, 0.717) is 12.2 Å². The van der Waals surface area contributed by atoms with Gasteiger partial charge in [0.05, 0.1) is 11.7 Å². The molecule has 1 N–H and O–H groups in total. The maximum atomic E-state index is 13.8. The van der Waals surface area contributed by atoms with Crippen LogP contribution >= 0.6 is 11.8 Å². The molecule has 3 aromatic carbocycles. The normalized spacial score (nSPS) is 23.1. The topological polar surface area (TPSA) is 69.7 Å². The summed E-state index contributed by atoms with van der Waals surface area (Å²) in [6, 6.07) is 24.7. The summed E-state index contributed by atoms with van der Waals surface area (Å²) >= 11 is 1.71. The largest absolute Gasteiger partial charge is 0.325 e. The van der Waals surface area contributed by atoms with Crippen LogP contribution in [0, 0.1) is 0 Å². The van der Waals surface area contributed by atoms with Gasteiger partial charge in [0, 0.05) is 10.6 Å². The Morgan fingerprint density at radius 2 is 1.71 bits per heavy atom. The maximum absolute atomic E-state index is 13.8. The summed E-state index contributed by atoms with van der Waals surface area (Å²) in [7, 11) is 0. The third kappa shape index (κ3) is 3.15. The summed E-state index contributed by atoms with van der Waals surface area (Å²) in [6.45, 7) is -0.295. The number of nitrogens with zero attached hydrogens (tertiary/aromatic N) is 2. The summed E-state index contributed by atoms with van der Waals surface area (Å²) in [5.74, 6) is 0.0877. The molecule has 6 rings (SSSR count). The lowest BCUT2D eigenvalue weighted by molar-refractivity contribution is -0.134. The first-order valence-corrected chi connectivity index (χ1v) is 12.4. The molecule has 7 heteroatoms. The summed E-state index contributed by atoms with van der Waals surface area (Å²) in [6.07, 6.45) is 1.23. The first kappa shape index (κ1) is 21.0. The van der Waals surface area contributed by atoms with E-state index in [1.165, 1.54) is 0 Å². The molecule has 1 saturated heterocycles. The smallest absolute Gasteiger partial charge is 0.319 e. The lowest BCUT2D eigenvalue weighted by Gasteiger charge is -2.37. The number of thioether (sulfide) groups is 1. The molecule has 170 valence electrons. The minimum atomic E-state index is -1.07. The Labute approximate surface area is 201 Å². The van der Waals surface area contributed by atoms with Gasteiger partial charge in [-0.1, -0.05) is 66.7 Å². The fraction of sp³-hybridized carbons (Fsp3) is 0.222. The molecule has 1 spiro atoms. The number of para-hydroxylation sites is 1. The van der Waals surface area contributed by atoms with Gasteiger partial charge in [0.2, 0.25) is 5.91 Å². The fourth-order valence-electron chi connectivity index (χ4n) is 5.36. The van der Waals surface area contributed by atoms with Gasteiger partial charge in [0.25, 0.3) is 5.91 Å².